The lowest BCUT2D eigenvalue weighted by Crippen LogP contribution is -2.02. The Morgan fingerprint density at radius 1 is 1.50 bits per heavy atom. The zero-order valence-corrected chi connectivity index (χ0v) is 10.8. The molecule has 0 amide bonds. The van der Waals surface area contributed by atoms with E-state index in [1.165, 1.54) is 0 Å². The van der Waals surface area contributed by atoms with Crippen LogP contribution in [-0.4, -0.2) is 20.2 Å². The molecule has 0 radical (unpaired) electrons. The van der Waals surface area contributed by atoms with Crippen molar-refractivity contribution < 1.29 is 4.21 Å². The Hall–Kier alpha value is -1.07. The van der Waals surface area contributed by atoms with Crippen molar-refractivity contribution in [3.63, 3.8) is 0 Å². The molecule has 2 aromatic rings. The summed E-state index contributed by atoms with van der Waals surface area (Å²) in [6.45, 7) is 1.99. The summed E-state index contributed by atoms with van der Waals surface area (Å²) in [7, 11) is 0.684. The van der Waals surface area contributed by atoms with Gasteiger partial charge in [0.1, 0.15) is 11.0 Å². The van der Waals surface area contributed by atoms with Crippen LogP contribution in [-0.2, 0) is 18.0 Å². The van der Waals surface area contributed by atoms with E-state index in [0.29, 0.717) is 10.8 Å². The number of benzene rings is 1. The molecule has 0 saturated carbocycles. The fourth-order valence-electron chi connectivity index (χ4n) is 1.77. The first-order valence-electron chi connectivity index (χ1n) is 4.72. The lowest BCUT2D eigenvalue weighted by Gasteiger charge is -2.01. The third-order valence-electron chi connectivity index (χ3n) is 2.38. The van der Waals surface area contributed by atoms with Gasteiger partial charge in [0, 0.05) is 13.3 Å². The molecule has 0 fully saturated rings. The van der Waals surface area contributed by atoms with E-state index in [1.807, 2.05) is 26.1 Å². The number of aromatic nitrogens is 2. The molecule has 0 aliphatic carbocycles. The summed E-state index contributed by atoms with van der Waals surface area (Å²) >= 11 is 6.14. The van der Waals surface area contributed by atoms with Crippen LogP contribution in [0, 0.1) is 6.92 Å². The molecule has 0 aliphatic heterocycles. The van der Waals surface area contributed by atoms with E-state index >= 15 is 0 Å². The first kappa shape index (κ1) is 11.4. The fourth-order valence-corrected chi connectivity index (χ4v) is 2.43. The van der Waals surface area contributed by atoms with E-state index in [9.17, 15) is 4.21 Å². The fraction of sp³-hybridized carbons (Fsp3) is 0.300. The zero-order chi connectivity index (χ0) is 11.9. The highest BCUT2D eigenvalue weighted by Crippen LogP contribution is 2.31. The molecule has 0 aliphatic rings. The molecule has 1 atom stereocenters. The van der Waals surface area contributed by atoms with Crippen molar-refractivity contribution in [1.29, 1.82) is 0 Å². The van der Waals surface area contributed by atoms with Crippen LogP contribution in [0.5, 0.6) is 0 Å². The largest absolute Gasteiger partial charge is 0.288 e. The molecule has 2 rings (SSSR count). The summed E-state index contributed by atoms with van der Waals surface area (Å²) in [4.78, 5) is 0. The summed E-state index contributed by atoms with van der Waals surface area (Å²) in [5.74, 6) is 0.562. The third-order valence-corrected chi connectivity index (χ3v) is 3.18. The van der Waals surface area contributed by atoms with Crippen molar-refractivity contribution in [2.24, 2.45) is 7.05 Å². The number of nitrogens with zero attached hydrogens (tertiary/aromatic N) is 2. The highest BCUT2D eigenvalue weighted by atomic mass is 35.5. The van der Waals surface area contributed by atoms with Gasteiger partial charge in [0.25, 0.3) is 0 Å². The van der Waals surface area contributed by atoms with Crippen LogP contribution in [0.25, 0.3) is 10.9 Å². The molecule has 4 nitrogen and oxygen atoms in total. The smallest absolute Gasteiger partial charge is 0.169 e. The number of rotatable bonds is 2. The first-order valence-corrected chi connectivity index (χ1v) is 6.66. The van der Waals surface area contributed by atoms with Gasteiger partial charge < -0.3 is 0 Å². The van der Waals surface area contributed by atoms with Gasteiger partial charge in [0.15, 0.2) is 5.82 Å². The van der Waals surface area contributed by atoms with E-state index in [4.69, 9.17) is 11.6 Å². The molecule has 1 aromatic carbocycles. The maximum Gasteiger partial charge on any atom is 0.169 e. The van der Waals surface area contributed by atoms with Gasteiger partial charge in [-0.1, -0.05) is 17.7 Å². The van der Waals surface area contributed by atoms with Crippen molar-refractivity contribution in [2.75, 3.05) is 11.0 Å². The summed E-state index contributed by atoms with van der Waals surface area (Å²) in [6, 6.07) is 3.77. The maximum absolute atomic E-state index is 11.2. The molecule has 0 spiro atoms. The Labute approximate surface area is 101 Å². The molecular weight excluding hydrogens is 246 g/mol. The van der Waals surface area contributed by atoms with Crippen molar-refractivity contribution in [1.82, 2.24) is 9.78 Å². The van der Waals surface area contributed by atoms with E-state index in [2.05, 4.69) is 9.82 Å². The van der Waals surface area contributed by atoms with Crippen LogP contribution >= 0.6 is 11.6 Å². The Morgan fingerprint density at radius 2 is 2.19 bits per heavy atom. The Morgan fingerprint density at radius 3 is 2.81 bits per heavy atom. The standard InChI is InChI=1S/C10H12ClN3OS/c1-6-4-5-7(11)8-9(6)14(2)12-10(8)13-16(3)15/h4-5H,1-3H3,(H,12,13). The van der Waals surface area contributed by atoms with Crippen LogP contribution in [0.15, 0.2) is 12.1 Å². The second-order valence-electron chi connectivity index (χ2n) is 3.62. The number of hydrogen-bond donors (Lipinski definition) is 1. The molecule has 16 heavy (non-hydrogen) atoms. The van der Waals surface area contributed by atoms with Crippen molar-refractivity contribution in [3.05, 3.63) is 22.7 Å². The van der Waals surface area contributed by atoms with Gasteiger partial charge in [-0.15, -0.1) is 0 Å². The Balaban J connectivity index is 2.77. The normalized spacial score (nSPS) is 13.0. The van der Waals surface area contributed by atoms with Crippen LogP contribution in [0.3, 0.4) is 0 Å². The van der Waals surface area contributed by atoms with Gasteiger partial charge in [-0.3, -0.25) is 9.40 Å². The lowest BCUT2D eigenvalue weighted by molar-refractivity contribution is 0.689. The monoisotopic (exact) mass is 257 g/mol. The minimum Gasteiger partial charge on any atom is -0.288 e. The highest BCUT2D eigenvalue weighted by molar-refractivity contribution is 7.85. The molecule has 1 aromatic heterocycles. The first-order chi connectivity index (χ1) is 7.50. The average Bonchev–Trinajstić information content (AvgIpc) is 2.49. The molecule has 0 saturated heterocycles. The van der Waals surface area contributed by atoms with Gasteiger partial charge in [0.2, 0.25) is 0 Å². The molecular formula is C10H12ClN3OS. The number of aryl methyl sites for hydroxylation is 2. The second kappa shape index (κ2) is 4.07. The van der Waals surface area contributed by atoms with E-state index in [-0.39, 0.29) is 0 Å². The number of fused-ring (bicyclic) bond motifs is 1. The van der Waals surface area contributed by atoms with Crippen molar-refractivity contribution in [3.8, 4) is 0 Å². The predicted molar refractivity (Wildman–Crippen MR) is 68.2 cm³/mol. The predicted octanol–water partition coefficient (Wildman–Crippen LogP) is 2.24. The minimum absolute atomic E-state index is 0.562. The summed E-state index contributed by atoms with van der Waals surface area (Å²) in [6.07, 6.45) is 1.56. The zero-order valence-electron chi connectivity index (χ0n) is 9.24. The molecule has 0 bridgehead atoms. The van der Waals surface area contributed by atoms with E-state index in [0.717, 1.165) is 16.5 Å². The van der Waals surface area contributed by atoms with Crippen LogP contribution in [0.2, 0.25) is 5.02 Å². The summed E-state index contributed by atoms with van der Waals surface area (Å²) in [5, 5.41) is 5.71. The average molecular weight is 258 g/mol. The number of anilines is 1. The lowest BCUT2D eigenvalue weighted by atomic mass is 10.1. The third kappa shape index (κ3) is 1.81. The summed E-state index contributed by atoms with van der Waals surface area (Å²) in [5.41, 5.74) is 2.05. The van der Waals surface area contributed by atoms with Gasteiger partial charge in [-0.05, 0) is 18.6 Å². The van der Waals surface area contributed by atoms with Crippen LogP contribution in [0.4, 0.5) is 5.82 Å². The Kier molecular flexibility index (Phi) is 2.90. The van der Waals surface area contributed by atoms with Crippen LogP contribution in [0.1, 0.15) is 5.56 Å². The van der Waals surface area contributed by atoms with Gasteiger partial charge >= 0.3 is 0 Å². The number of nitrogens with one attached hydrogen (secondary N) is 1. The second-order valence-corrected chi connectivity index (χ2v) is 5.14. The highest BCUT2D eigenvalue weighted by Gasteiger charge is 2.14. The number of halogens is 1. The number of hydrogen-bond acceptors (Lipinski definition) is 2. The molecule has 6 heteroatoms. The molecule has 86 valence electrons. The van der Waals surface area contributed by atoms with Gasteiger partial charge in [0.05, 0.1) is 15.9 Å². The van der Waals surface area contributed by atoms with E-state index < -0.39 is 11.0 Å². The van der Waals surface area contributed by atoms with Crippen molar-refractivity contribution in [2.45, 2.75) is 6.92 Å². The maximum atomic E-state index is 11.2. The van der Waals surface area contributed by atoms with E-state index in [1.54, 1.807) is 10.9 Å². The SMILES string of the molecule is Cc1ccc(Cl)c2c(NS(C)=O)nn(C)c12. The molecule has 1 heterocycles. The van der Waals surface area contributed by atoms with Gasteiger partial charge in [-0.25, -0.2) is 4.21 Å². The van der Waals surface area contributed by atoms with Crippen molar-refractivity contribution >= 4 is 39.3 Å². The molecule has 1 N–H and O–H groups in total. The quantitative estimate of drug-likeness (QED) is 0.897. The summed E-state index contributed by atoms with van der Waals surface area (Å²) < 4.78 is 15.7. The topological polar surface area (TPSA) is 46.9 Å². The Bertz CT molecular complexity index is 579. The minimum atomic E-state index is -1.16. The molecule has 1 unspecified atom stereocenters. The van der Waals surface area contributed by atoms with Gasteiger partial charge in [-0.2, -0.15) is 5.10 Å². The van der Waals surface area contributed by atoms with Crippen LogP contribution < -0.4 is 4.72 Å².